The van der Waals surface area contributed by atoms with E-state index in [2.05, 4.69) is 20.7 Å². The molecule has 1 rings (SSSR count). The molecule has 0 radical (unpaired) electrons. The van der Waals surface area contributed by atoms with Crippen molar-refractivity contribution >= 4 is 31.9 Å². The monoisotopic (exact) mass is 378 g/mol. The molecule has 1 aromatic carbocycles. The fourth-order valence-corrected chi connectivity index (χ4v) is 3.45. The molecule has 118 valence electrons. The first kappa shape index (κ1) is 18.1. The Labute approximate surface area is 133 Å². The van der Waals surface area contributed by atoms with Crippen LogP contribution in [0, 0.1) is 6.92 Å². The highest BCUT2D eigenvalue weighted by atomic mass is 79.9. The van der Waals surface area contributed by atoms with E-state index in [1.165, 1.54) is 12.1 Å². The standard InChI is InChI=1S/C13H19BrN2O4S/c1-9-11(13(17)18)7-10(8-12(9)14)21(19,20)15-5-4-6-16(2)3/h7-8,15H,4-6H2,1-3H3,(H,17,18). The van der Waals surface area contributed by atoms with Gasteiger partial charge in [-0.05, 0) is 51.7 Å². The lowest BCUT2D eigenvalue weighted by molar-refractivity contribution is 0.0695. The van der Waals surface area contributed by atoms with Gasteiger partial charge in [0.25, 0.3) is 0 Å². The minimum Gasteiger partial charge on any atom is -0.478 e. The Morgan fingerprint density at radius 1 is 1.38 bits per heavy atom. The quantitative estimate of drug-likeness (QED) is 0.704. The molecule has 2 N–H and O–H groups in total. The van der Waals surface area contributed by atoms with Crippen molar-refractivity contribution < 1.29 is 18.3 Å². The van der Waals surface area contributed by atoms with E-state index in [1.807, 2.05) is 19.0 Å². The second-order valence-corrected chi connectivity index (χ2v) is 7.56. The van der Waals surface area contributed by atoms with Crippen LogP contribution in [0.5, 0.6) is 0 Å². The topological polar surface area (TPSA) is 86.7 Å². The van der Waals surface area contributed by atoms with Crippen LogP contribution in [-0.2, 0) is 10.0 Å². The van der Waals surface area contributed by atoms with Crippen molar-refractivity contribution in [3.8, 4) is 0 Å². The van der Waals surface area contributed by atoms with Crippen LogP contribution in [0.15, 0.2) is 21.5 Å². The van der Waals surface area contributed by atoms with Crippen LogP contribution in [0.4, 0.5) is 0 Å². The number of carbonyl (C=O) groups is 1. The maximum atomic E-state index is 12.2. The molecule has 0 atom stereocenters. The second-order valence-electron chi connectivity index (χ2n) is 4.94. The van der Waals surface area contributed by atoms with E-state index in [-0.39, 0.29) is 10.5 Å². The SMILES string of the molecule is Cc1c(Br)cc(S(=O)(=O)NCCCN(C)C)cc1C(=O)O. The number of nitrogens with zero attached hydrogens (tertiary/aromatic N) is 1. The van der Waals surface area contributed by atoms with Crippen molar-refractivity contribution in [2.45, 2.75) is 18.2 Å². The van der Waals surface area contributed by atoms with Gasteiger partial charge in [0.1, 0.15) is 0 Å². The van der Waals surface area contributed by atoms with E-state index in [0.29, 0.717) is 23.0 Å². The highest BCUT2D eigenvalue weighted by Crippen LogP contribution is 2.24. The van der Waals surface area contributed by atoms with Gasteiger partial charge in [-0.15, -0.1) is 0 Å². The third kappa shape index (κ3) is 5.06. The number of sulfonamides is 1. The molecule has 21 heavy (non-hydrogen) atoms. The molecular weight excluding hydrogens is 360 g/mol. The van der Waals surface area contributed by atoms with Gasteiger partial charge in [-0.1, -0.05) is 15.9 Å². The molecule has 0 amide bonds. The Balaban J connectivity index is 2.96. The Morgan fingerprint density at radius 2 is 2.00 bits per heavy atom. The summed E-state index contributed by atoms with van der Waals surface area (Å²) in [5.41, 5.74) is 0.465. The lowest BCUT2D eigenvalue weighted by Gasteiger charge is -2.12. The molecule has 0 unspecified atom stereocenters. The van der Waals surface area contributed by atoms with Gasteiger partial charge in [0.05, 0.1) is 10.5 Å². The Kier molecular flexibility index (Phi) is 6.33. The summed E-state index contributed by atoms with van der Waals surface area (Å²) in [6.07, 6.45) is 0.672. The van der Waals surface area contributed by atoms with Gasteiger partial charge in [-0.2, -0.15) is 0 Å². The van der Waals surface area contributed by atoms with Gasteiger partial charge in [-0.3, -0.25) is 0 Å². The zero-order chi connectivity index (χ0) is 16.2. The van der Waals surface area contributed by atoms with Crippen molar-refractivity contribution in [2.24, 2.45) is 0 Å². The number of carboxylic acids is 1. The lowest BCUT2D eigenvalue weighted by Crippen LogP contribution is -2.27. The highest BCUT2D eigenvalue weighted by Gasteiger charge is 2.19. The van der Waals surface area contributed by atoms with Gasteiger partial charge in [0.15, 0.2) is 0 Å². The maximum absolute atomic E-state index is 12.2. The number of aromatic carboxylic acids is 1. The highest BCUT2D eigenvalue weighted by molar-refractivity contribution is 9.10. The molecule has 0 aliphatic heterocycles. The molecule has 0 aromatic heterocycles. The molecular formula is C13H19BrN2O4S. The van der Waals surface area contributed by atoms with Crippen molar-refractivity contribution in [1.29, 1.82) is 0 Å². The molecule has 0 fully saturated rings. The number of hydrogen-bond acceptors (Lipinski definition) is 4. The first-order valence-electron chi connectivity index (χ1n) is 6.33. The molecule has 0 saturated carbocycles. The first-order chi connectivity index (χ1) is 9.65. The van der Waals surface area contributed by atoms with Crippen LogP contribution < -0.4 is 4.72 Å². The molecule has 0 bridgehead atoms. The van der Waals surface area contributed by atoms with E-state index in [0.717, 1.165) is 6.54 Å². The van der Waals surface area contributed by atoms with Crippen molar-refractivity contribution in [3.63, 3.8) is 0 Å². The van der Waals surface area contributed by atoms with Crippen LogP contribution in [0.1, 0.15) is 22.3 Å². The Morgan fingerprint density at radius 3 is 2.52 bits per heavy atom. The number of halogens is 1. The molecule has 8 heteroatoms. The second kappa shape index (κ2) is 7.35. The summed E-state index contributed by atoms with van der Waals surface area (Å²) in [5.74, 6) is -1.15. The van der Waals surface area contributed by atoms with Crippen LogP contribution in [0.3, 0.4) is 0 Å². The first-order valence-corrected chi connectivity index (χ1v) is 8.60. The predicted molar refractivity (Wildman–Crippen MR) is 84.2 cm³/mol. The Hall–Kier alpha value is -0.960. The minimum absolute atomic E-state index is 0.0296. The fraction of sp³-hybridized carbons (Fsp3) is 0.462. The summed E-state index contributed by atoms with van der Waals surface area (Å²) in [6, 6.07) is 2.59. The van der Waals surface area contributed by atoms with E-state index in [9.17, 15) is 13.2 Å². The van der Waals surface area contributed by atoms with Crippen molar-refractivity contribution in [1.82, 2.24) is 9.62 Å². The summed E-state index contributed by atoms with van der Waals surface area (Å²) in [4.78, 5) is 13.1. The number of rotatable bonds is 7. The van der Waals surface area contributed by atoms with E-state index in [1.54, 1.807) is 6.92 Å². The largest absolute Gasteiger partial charge is 0.478 e. The van der Waals surface area contributed by atoms with E-state index >= 15 is 0 Å². The van der Waals surface area contributed by atoms with Crippen LogP contribution in [0.2, 0.25) is 0 Å². The normalized spacial score (nSPS) is 11.9. The van der Waals surface area contributed by atoms with E-state index < -0.39 is 16.0 Å². The number of carboxylic acid groups (broad SMARTS) is 1. The summed E-state index contributed by atoms with van der Waals surface area (Å²) in [7, 11) is 0.0996. The predicted octanol–water partition coefficient (Wildman–Crippen LogP) is 1.69. The summed E-state index contributed by atoms with van der Waals surface area (Å²) in [6.45, 7) is 2.68. The van der Waals surface area contributed by atoms with Crippen LogP contribution >= 0.6 is 15.9 Å². The summed E-state index contributed by atoms with van der Waals surface area (Å²) in [5, 5.41) is 9.11. The molecule has 1 aromatic rings. The Bertz CT molecular complexity index is 629. The molecule has 6 nitrogen and oxygen atoms in total. The van der Waals surface area contributed by atoms with Gasteiger partial charge in [-0.25, -0.2) is 17.9 Å². The molecule has 0 heterocycles. The third-order valence-electron chi connectivity index (χ3n) is 2.93. The summed E-state index contributed by atoms with van der Waals surface area (Å²) < 4.78 is 27.3. The molecule has 0 aliphatic carbocycles. The zero-order valence-electron chi connectivity index (χ0n) is 12.2. The average Bonchev–Trinajstić information content (AvgIpc) is 2.37. The smallest absolute Gasteiger partial charge is 0.336 e. The lowest BCUT2D eigenvalue weighted by atomic mass is 10.1. The maximum Gasteiger partial charge on any atom is 0.336 e. The molecule has 0 spiro atoms. The van der Waals surface area contributed by atoms with Gasteiger partial charge < -0.3 is 10.0 Å². The zero-order valence-corrected chi connectivity index (χ0v) is 14.6. The number of nitrogens with one attached hydrogen (secondary N) is 1. The van der Waals surface area contributed by atoms with Gasteiger partial charge in [0, 0.05) is 11.0 Å². The van der Waals surface area contributed by atoms with Crippen LogP contribution in [0.25, 0.3) is 0 Å². The van der Waals surface area contributed by atoms with Crippen molar-refractivity contribution in [3.05, 3.63) is 27.7 Å². The molecule has 0 aliphatic rings. The molecule has 0 saturated heterocycles. The van der Waals surface area contributed by atoms with Crippen LogP contribution in [-0.4, -0.2) is 51.6 Å². The van der Waals surface area contributed by atoms with Gasteiger partial charge in [0.2, 0.25) is 10.0 Å². The number of hydrogen-bond donors (Lipinski definition) is 2. The average molecular weight is 379 g/mol. The fourth-order valence-electron chi connectivity index (χ4n) is 1.72. The van der Waals surface area contributed by atoms with Gasteiger partial charge >= 0.3 is 5.97 Å². The van der Waals surface area contributed by atoms with E-state index in [4.69, 9.17) is 5.11 Å². The third-order valence-corrected chi connectivity index (χ3v) is 5.20. The van der Waals surface area contributed by atoms with Crippen molar-refractivity contribution in [2.75, 3.05) is 27.2 Å². The number of benzene rings is 1. The summed E-state index contributed by atoms with van der Waals surface area (Å²) >= 11 is 3.20. The minimum atomic E-state index is -3.72.